The van der Waals surface area contributed by atoms with Gasteiger partial charge in [0.25, 0.3) is 0 Å². The highest BCUT2D eigenvalue weighted by Crippen LogP contribution is 2.40. The number of ether oxygens (including phenoxy) is 1. The Labute approximate surface area is 101 Å². The molecule has 13 heteroatoms. The number of allylic oxidation sites excluding steroid dienone is 1. The van der Waals surface area contributed by atoms with Crippen LogP contribution in [-0.4, -0.2) is 31.0 Å². The van der Waals surface area contributed by atoms with Gasteiger partial charge in [-0.05, 0) is 0 Å². The minimum atomic E-state index is -6.37. The molecule has 0 amide bonds. The van der Waals surface area contributed by atoms with E-state index < -0.39 is 42.6 Å². The zero-order valence-electron chi connectivity index (χ0n) is 8.65. The average molecular weight is 330 g/mol. The smallest absolute Gasteiger partial charge is 0.308 e. The molecule has 0 aromatic heterocycles. The van der Waals surface area contributed by atoms with Gasteiger partial charge in [-0.3, -0.25) is 0 Å². The molecule has 0 bridgehead atoms. The topological polar surface area (TPSA) is 9.23 Å². The second kappa shape index (κ2) is 5.33. The lowest BCUT2D eigenvalue weighted by molar-refractivity contribution is -0.328. The third kappa shape index (κ3) is 4.45. The maximum absolute atomic E-state index is 12.4. The van der Waals surface area contributed by atoms with Gasteiger partial charge in [-0.15, -0.1) is 0 Å². The summed E-state index contributed by atoms with van der Waals surface area (Å²) < 4.78 is 145. The Morgan fingerprint density at radius 3 is 1.40 bits per heavy atom. The maximum atomic E-state index is 12.4. The first-order chi connectivity index (χ1) is 8.52. The zero-order valence-corrected chi connectivity index (χ0v) is 8.65. The van der Waals surface area contributed by atoms with E-state index in [1.54, 1.807) is 0 Å². The molecular formula is C7H2F12O. The molecule has 1 nitrogen and oxygen atoms in total. The molecule has 0 aliphatic carbocycles. The summed E-state index contributed by atoms with van der Waals surface area (Å²) >= 11 is 0. The lowest BCUT2D eigenvalue weighted by Gasteiger charge is -2.22. The Balaban J connectivity index is 5.13. The van der Waals surface area contributed by atoms with Crippen LogP contribution in [0.3, 0.4) is 0 Å². The summed E-state index contributed by atoms with van der Waals surface area (Å²) in [6.07, 6.45) is -18.6. The van der Waals surface area contributed by atoms with Gasteiger partial charge in [-0.1, -0.05) is 0 Å². The molecule has 0 aliphatic rings. The Morgan fingerprint density at radius 2 is 1.10 bits per heavy atom. The van der Waals surface area contributed by atoms with E-state index in [9.17, 15) is 52.7 Å². The lowest BCUT2D eigenvalue weighted by Crippen LogP contribution is -2.43. The van der Waals surface area contributed by atoms with E-state index in [2.05, 4.69) is 4.74 Å². The van der Waals surface area contributed by atoms with Gasteiger partial charge < -0.3 is 4.74 Å². The summed E-state index contributed by atoms with van der Waals surface area (Å²) in [5, 5.41) is 0. The molecule has 0 spiro atoms. The molecule has 120 valence electrons. The normalized spacial score (nSPS) is 16.2. The molecular weight excluding hydrogens is 328 g/mol. The van der Waals surface area contributed by atoms with Crippen LogP contribution >= 0.6 is 0 Å². The highest BCUT2D eigenvalue weighted by atomic mass is 19.4. The average Bonchev–Trinajstić information content (AvgIpc) is 2.21. The van der Waals surface area contributed by atoms with E-state index in [0.29, 0.717) is 0 Å². The Bertz CT molecular complexity index is 374. The standard InChI is InChI=1S/C7H2F12O/c8-2(5(12,13)14)3(9)6(15,16)20-1-4(10,11)7(17,18)19/h1H2. The van der Waals surface area contributed by atoms with Gasteiger partial charge in [0.2, 0.25) is 11.7 Å². The largest absolute Gasteiger partial charge is 0.455 e. The minimum absolute atomic E-state index is 2.42. The van der Waals surface area contributed by atoms with Crippen molar-refractivity contribution < 1.29 is 57.4 Å². The van der Waals surface area contributed by atoms with Crippen molar-refractivity contribution in [3.05, 3.63) is 11.7 Å². The first kappa shape index (κ1) is 18.9. The predicted octanol–water partition coefficient (Wildman–Crippen LogP) is 4.51. The highest BCUT2D eigenvalue weighted by molar-refractivity contribution is 5.10. The van der Waals surface area contributed by atoms with Crippen molar-refractivity contribution in [1.82, 2.24) is 0 Å². The van der Waals surface area contributed by atoms with E-state index in [1.165, 1.54) is 0 Å². The molecule has 0 aromatic rings. The van der Waals surface area contributed by atoms with Crippen molar-refractivity contribution in [3.63, 3.8) is 0 Å². The fraction of sp³-hybridized carbons (Fsp3) is 0.714. The van der Waals surface area contributed by atoms with Crippen LogP contribution in [-0.2, 0) is 4.74 Å². The molecule has 0 saturated heterocycles. The van der Waals surface area contributed by atoms with Gasteiger partial charge >= 0.3 is 24.4 Å². The fourth-order valence-corrected chi connectivity index (χ4v) is 0.579. The van der Waals surface area contributed by atoms with E-state index in [0.717, 1.165) is 0 Å². The van der Waals surface area contributed by atoms with Crippen LogP contribution in [0, 0.1) is 0 Å². The number of hydrogen-bond acceptors (Lipinski definition) is 1. The number of halogens is 12. The van der Waals surface area contributed by atoms with Crippen molar-refractivity contribution >= 4 is 0 Å². The monoisotopic (exact) mass is 330 g/mol. The van der Waals surface area contributed by atoms with Gasteiger partial charge in [0, 0.05) is 0 Å². The molecule has 0 aliphatic heterocycles. The molecule has 20 heavy (non-hydrogen) atoms. The van der Waals surface area contributed by atoms with E-state index >= 15 is 0 Å². The van der Waals surface area contributed by atoms with Crippen LogP contribution in [0.25, 0.3) is 0 Å². The van der Waals surface area contributed by atoms with Crippen molar-refractivity contribution in [1.29, 1.82) is 0 Å². The number of alkyl halides is 10. The summed E-state index contributed by atoms with van der Waals surface area (Å²) in [6, 6.07) is 0. The molecule has 0 heterocycles. The molecule has 0 unspecified atom stereocenters. The summed E-state index contributed by atoms with van der Waals surface area (Å²) in [5.74, 6) is -13.9. The molecule has 0 saturated carbocycles. The fourth-order valence-electron chi connectivity index (χ4n) is 0.579. The first-order valence-corrected chi connectivity index (χ1v) is 4.11. The van der Waals surface area contributed by atoms with Gasteiger partial charge in [0.1, 0.15) is 6.61 Å². The van der Waals surface area contributed by atoms with Crippen LogP contribution in [0.4, 0.5) is 52.7 Å². The molecule has 0 radical (unpaired) electrons. The van der Waals surface area contributed by atoms with Gasteiger partial charge in [-0.2, -0.15) is 52.7 Å². The minimum Gasteiger partial charge on any atom is -0.308 e. The van der Waals surface area contributed by atoms with E-state index in [-0.39, 0.29) is 0 Å². The molecule has 0 aromatic carbocycles. The molecule has 0 atom stereocenters. The van der Waals surface area contributed by atoms with E-state index in [4.69, 9.17) is 0 Å². The van der Waals surface area contributed by atoms with Crippen molar-refractivity contribution in [2.45, 2.75) is 24.4 Å². The second-order valence-electron chi connectivity index (χ2n) is 3.13. The third-order valence-electron chi connectivity index (χ3n) is 1.55. The number of hydrogen-bond donors (Lipinski definition) is 0. The second-order valence-corrected chi connectivity index (χ2v) is 3.13. The first-order valence-electron chi connectivity index (χ1n) is 4.11. The van der Waals surface area contributed by atoms with Crippen LogP contribution in [0.15, 0.2) is 11.7 Å². The number of rotatable bonds is 4. The highest BCUT2D eigenvalue weighted by Gasteiger charge is 2.60. The van der Waals surface area contributed by atoms with Crippen molar-refractivity contribution in [2.24, 2.45) is 0 Å². The van der Waals surface area contributed by atoms with Gasteiger partial charge in [-0.25, -0.2) is 0 Å². The summed E-state index contributed by atoms with van der Waals surface area (Å²) in [6.45, 7) is -3.21. The predicted molar refractivity (Wildman–Crippen MR) is 37.2 cm³/mol. The maximum Gasteiger partial charge on any atom is 0.455 e. The molecule has 0 rings (SSSR count). The van der Waals surface area contributed by atoms with E-state index in [1.807, 2.05) is 0 Å². The van der Waals surface area contributed by atoms with Crippen LogP contribution in [0.1, 0.15) is 0 Å². The van der Waals surface area contributed by atoms with Crippen LogP contribution < -0.4 is 0 Å². The quantitative estimate of drug-likeness (QED) is 0.690. The summed E-state index contributed by atoms with van der Waals surface area (Å²) in [5.41, 5.74) is 0. The summed E-state index contributed by atoms with van der Waals surface area (Å²) in [7, 11) is 0. The van der Waals surface area contributed by atoms with Crippen LogP contribution in [0.2, 0.25) is 0 Å². The van der Waals surface area contributed by atoms with Gasteiger partial charge in [0.05, 0.1) is 0 Å². The summed E-state index contributed by atoms with van der Waals surface area (Å²) in [4.78, 5) is 0. The van der Waals surface area contributed by atoms with Crippen LogP contribution in [0.5, 0.6) is 0 Å². The van der Waals surface area contributed by atoms with Crippen molar-refractivity contribution in [2.75, 3.05) is 6.61 Å². The zero-order chi connectivity index (χ0) is 16.6. The molecule has 0 fully saturated rings. The Kier molecular flexibility index (Phi) is 5.03. The Morgan fingerprint density at radius 1 is 0.700 bits per heavy atom. The molecule has 0 N–H and O–H groups in total. The third-order valence-corrected chi connectivity index (χ3v) is 1.55. The van der Waals surface area contributed by atoms with Crippen molar-refractivity contribution in [3.8, 4) is 0 Å². The Hall–Kier alpha value is -1.14. The van der Waals surface area contributed by atoms with Gasteiger partial charge in [0.15, 0.2) is 0 Å². The SMILES string of the molecule is FC(=C(F)C(F)(F)OCC(F)(F)C(F)(F)F)C(F)(F)F. The lowest BCUT2D eigenvalue weighted by atomic mass is 10.3.